The first-order chi connectivity index (χ1) is 8.85. The highest BCUT2D eigenvalue weighted by molar-refractivity contribution is 4.96. The Morgan fingerprint density at radius 1 is 1.26 bits per heavy atom. The van der Waals surface area contributed by atoms with Crippen LogP contribution in [0.1, 0.15) is 53.4 Å². The lowest BCUT2D eigenvalue weighted by Gasteiger charge is -2.48. The van der Waals surface area contributed by atoms with Gasteiger partial charge >= 0.3 is 0 Å². The van der Waals surface area contributed by atoms with Gasteiger partial charge in [-0.25, -0.2) is 0 Å². The van der Waals surface area contributed by atoms with E-state index in [4.69, 9.17) is 10.5 Å². The topological polar surface area (TPSA) is 47.3 Å². The zero-order valence-electron chi connectivity index (χ0n) is 13.2. The Bertz CT molecular complexity index is 297. The van der Waals surface area contributed by atoms with Crippen LogP contribution in [-0.4, -0.2) is 31.3 Å². The first-order valence-corrected chi connectivity index (χ1v) is 7.93. The highest BCUT2D eigenvalue weighted by Gasteiger charge is 2.42. The fourth-order valence-electron chi connectivity index (χ4n) is 3.75. The molecule has 2 rings (SSSR count). The standard InChI is InChI=1S/C16H32N2O/c1-12-14(17)7-6-13(15(12,2)3)10-18-16(4)8-5-9-19-11-16/h12-14,18H,5-11,17H2,1-4H3. The molecule has 3 heteroatoms. The molecule has 3 N–H and O–H groups in total. The lowest BCUT2D eigenvalue weighted by atomic mass is 9.61. The van der Waals surface area contributed by atoms with Gasteiger partial charge in [-0.05, 0) is 56.4 Å². The predicted octanol–water partition coefficient (Wildman–Crippen LogP) is 2.54. The molecule has 1 saturated carbocycles. The number of hydrogen-bond acceptors (Lipinski definition) is 3. The second kappa shape index (κ2) is 5.71. The number of nitrogens with one attached hydrogen (secondary N) is 1. The Balaban J connectivity index is 1.91. The summed E-state index contributed by atoms with van der Waals surface area (Å²) in [5.41, 5.74) is 6.75. The van der Waals surface area contributed by atoms with Gasteiger partial charge in [-0.15, -0.1) is 0 Å². The minimum absolute atomic E-state index is 0.178. The van der Waals surface area contributed by atoms with Crippen molar-refractivity contribution in [3.05, 3.63) is 0 Å². The second-order valence-electron chi connectivity index (χ2n) is 7.65. The van der Waals surface area contributed by atoms with Gasteiger partial charge in [-0.1, -0.05) is 20.8 Å². The van der Waals surface area contributed by atoms with E-state index in [9.17, 15) is 0 Å². The first kappa shape index (κ1) is 15.3. The molecule has 19 heavy (non-hydrogen) atoms. The quantitative estimate of drug-likeness (QED) is 0.827. The van der Waals surface area contributed by atoms with E-state index in [1.807, 2.05) is 0 Å². The molecule has 0 radical (unpaired) electrons. The predicted molar refractivity (Wildman–Crippen MR) is 80.1 cm³/mol. The molecular formula is C16H32N2O. The van der Waals surface area contributed by atoms with E-state index in [1.54, 1.807) is 0 Å². The van der Waals surface area contributed by atoms with E-state index in [2.05, 4.69) is 33.0 Å². The molecule has 1 aliphatic carbocycles. The third kappa shape index (κ3) is 3.32. The Morgan fingerprint density at radius 2 is 2.00 bits per heavy atom. The van der Waals surface area contributed by atoms with Crippen molar-refractivity contribution < 1.29 is 4.74 Å². The highest BCUT2D eigenvalue weighted by Crippen LogP contribution is 2.44. The maximum atomic E-state index is 6.24. The van der Waals surface area contributed by atoms with E-state index in [0.29, 0.717) is 17.4 Å². The molecule has 4 atom stereocenters. The summed E-state index contributed by atoms with van der Waals surface area (Å²) in [5.74, 6) is 1.32. The molecule has 4 unspecified atom stereocenters. The van der Waals surface area contributed by atoms with Crippen molar-refractivity contribution in [3.63, 3.8) is 0 Å². The summed E-state index contributed by atoms with van der Waals surface area (Å²) in [5, 5.41) is 3.79. The third-order valence-electron chi connectivity index (χ3n) is 5.93. The van der Waals surface area contributed by atoms with Gasteiger partial charge in [-0.3, -0.25) is 0 Å². The van der Waals surface area contributed by atoms with E-state index in [0.717, 1.165) is 25.7 Å². The van der Waals surface area contributed by atoms with Crippen LogP contribution in [0.2, 0.25) is 0 Å². The van der Waals surface area contributed by atoms with Crippen molar-refractivity contribution in [2.75, 3.05) is 19.8 Å². The molecular weight excluding hydrogens is 236 g/mol. The Kier molecular flexibility index (Phi) is 4.59. The lowest BCUT2D eigenvalue weighted by molar-refractivity contribution is 0.0103. The van der Waals surface area contributed by atoms with Crippen molar-refractivity contribution in [2.24, 2.45) is 23.0 Å². The normalized spacial score (nSPS) is 43.1. The molecule has 3 nitrogen and oxygen atoms in total. The minimum Gasteiger partial charge on any atom is -0.380 e. The molecule has 0 aromatic carbocycles. The van der Waals surface area contributed by atoms with Gasteiger partial charge in [-0.2, -0.15) is 0 Å². The van der Waals surface area contributed by atoms with Gasteiger partial charge in [0.1, 0.15) is 0 Å². The molecule has 1 heterocycles. The molecule has 0 spiro atoms. The van der Waals surface area contributed by atoms with Gasteiger partial charge in [0.15, 0.2) is 0 Å². The van der Waals surface area contributed by atoms with E-state index >= 15 is 0 Å². The molecule has 0 aromatic rings. The summed E-state index contributed by atoms with van der Waals surface area (Å²) >= 11 is 0. The molecule has 0 bridgehead atoms. The van der Waals surface area contributed by atoms with Crippen LogP contribution in [-0.2, 0) is 4.74 Å². The fraction of sp³-hybridized carbons (Fsp3) is 1.00. The molecule has 2 aliphatic rings. The molecule has 0 amide bonds. The third-order valence-corrected chi connectivity index (χ3v) is 5.93. The minimum atomic E-state index is 0.178. The average molecular weight is 268 g/mol. The van der Waals surface area contributed by atoms with Crippen molar-refractivity contribution in [1.29, 1.82) is 0 Å². The van der Waals surface area contributed by atoms with Crippen LogP contribution >= 0.6 is 0 Å². The summed E-state index contributed by atoms with van der Waals surface area (Å²) in [7, 11) is 0. The van der Waals surface area contributed by atoms with Crippen LogP contribution < -0.4 is 11.1 Å². The molecule has 2 fully saturated rings. The van der Waals surface area contributed by atoms with Crippen LogP contribution in [0.4, 0.5) is 0 Å². The molecule has 1 saturated heterocycles. The zero-order valence-corrected chi connectivity index (χ0v) is 13.2. The maximum absolute atomic E-state index is 6.24. The zero-order chi connectivity index (χ0) is 14.1. The van der Waals surface area contributed by atoms with Crippen molar-refractivity contribution in [2.45, 2.75) is 65.0 Å². The second-order valence-corrected chi connectivity index (χ2v) is 7.65. The first-order valence-electron chi connectivity index (χ1n) is 7.93. The van der Waals surface area contributed by atoms with Gasteiger partial charge in [0.05, 0.1) is 6.61 Å². The number of nitrogens with two attached hydrogens (primary N) is 1. The van der Waals surface area contributed by atoms with Gasteiger partial charge < -0.3 is 15.8 Å². The largest absolute Gasteiger partial charge is 0.380 e. The highest BCUT2D eigenvalue weighted by atomic mass is 16.5. The monoisotopic (exact) mass is 268 g/mol. The lowest BCUT2D eigenvalue weighted by Crippen LogP contribution is -2.54. The molecule has 0 aromatic heterocycles. The van der Waals surface area contributed by atoms with Crippen LogP contribution in [0.3, 0.4) is 0 Å². The summed E-state index contributed by atoms with van der Waals surface area (Å²) in [6.07, 6.45) is 4.83. The smallest absolute Gasteiger partial charge is 0.0645 e. The summed E-state index contributed by atoms with van der Waals surface area (Å²) < 4.78 is 5.63. The number of rotatable bonds is 3. The van der Waals surface area contributed by atoms with E-state index in [1.165, 1.54) is 25.7 Å². The number of ether oxygens (including phenoxy) is 1. The summed E-state index contributed by atoms with van der Waals surface area (Å²) in [6.45, 7) is 12.3. The SMILES string of the molecule is CC1C(N)CCC(CNC2(C)CCCOC2)C1(C)C. The van der Waals surface area contributed by atoms with Crippen LogP contribution in [0.5, 0.6) is 0 Å². The number of hydrogen-bond donors (Lipinski definition) is 2. The Labute approximate surface area is 118 Å². The average Bonchev–Trinajstić information content (AvgIpc) is 2.36. The van der Waals surface area contributed by atoms with Crippen LogP contribution in [0, 0.1) is 17.3 Å². The summed E-state index contributed by atoms with van der Waals surface area (Å²) in [6, 6.07) is 0.375. The Morgan fingerprint density at radius 3 is 2.63 bits per heavy atom. The van der Waals surface area contributed by atoms with Gasteiger partial charge in [0, 0.05) is 18.2 Å². The molecule has 1 aliphatic heterocycles. The van der Waals surface area contributed by atoms with Crippen LogP contribution in [0.25, 0.3) is 0 Å². The van der Waals surface area contributed by atoms with Crippen molar-refractivity contribution in [1.82, 2.24) is 5.32 Å². The summed E-state index contributed by atoms with van der Waals surface area (Å²) in [4.78, 5) is 0. The molecule has 112 valence electrons. The van der Waals surface area contributed by atoms with Crippen molar-refractivity contribution >= 4 is 0 Å². The fourth-order valence-corrected chi connectivity index (χ4v) is 3.75. The maximum Gasteiger partial charge on any atom is 0.0645 e. The van der Waals surface area contributed by atoms with Crippen LogP contribution in [0.15, 0.2) is 0 Å². The van der Waals surface area contributed by atoms with Gasteiger partial charge in [0.2, 0.25) is 0 Å². The Hall–Kier alpha value is -0.120. The van der Waals surface area contributed by atoms with Gasteiger partial charge in [0.25, 0.3) is 0 Å². The van der Waals surface area contributed by atoms with E-state index < -0.39 is 0 Å². The van der Waals surface area contributed by atoms with Crippen molar-refractivity contribution in [3.8, 4) is 0 Å². The van der Waals surface area contributed by atoms with E-state index in [-0.39, 0.29) is 5.54 Å².